The van der Waals surface area contributed by atoms with E-state index in [-0.39, 0.29) is 5.78 Å². The van der Waals surface area contributed by atoms with Gasteiger partial charge in [0.1, 0.15) is 0 Å². The predicted molar refractivity (Wildman–Crippen MR) is 162 cm³/mol. The second-order valence-electron chi connectivity index (χ2n) is 9.98. The molecule has 0 heterocycles. The number of rotatable bonds is 19. The maximum atomic E-state index is 12.7. The maximum absolute atomic E-state index is 12.7. The second-order valence-corrected chi connectivity index (χ2v) is 11.2. The van der Waals surface area contributed by atoms with Crippen LogP contribution in [0, 0.1) is 0 Å². The minimum Gasteiger partial charge on any atom is -0.289 e. The Morgan fingerprint density at radius 2 is 1.22 bits per heavy atom. The van der Waals surface area contributed by atoms with Crippen molar-refractivity contribution in [1.82, 2.24) is 0 Å². The van der Waals surface area contributed by atoms with Gasteiger partial charge in [0.2, 0.25) is 0 Å². The number of hydrogen-bond donors (Lipinski definition) is 0. The van der Waals surface area contributed by atoms with Crippen molar-refractivity contribution in [2.45, 2.75) is 122 Å². The van der Waals surface area contributed by atoms with Gasteiger partial charge in [0.25, 0.3) is 0 Å². The molecule has 2 rings (SSSR count). The lowest BCUT2D eigenvalue weighted by molar-refractivity contribution is 0.104. The molecule has 198 valence electrons. The van der Waals surface area contributed by atoms with Crippen LogP contribution in [0.25, 0.3) is 6.08 Å². The molecule has 0 amide bonds. The van der Waals surface area contributed by atoms with Gasteiger partial charge in [-0.05, 0) is 84.0 Å². The van der Waals surface area contributed by atoms with Crippen LogP contribution >= 0.6 is 11.8 Å². The number of thioether (sulfide) groups is 1. The normalized spacial score (nSPS) is 11.4. The molecule has 2 heteroatoms. The Bertz CT molecular complexity index is 884. The Kier molecular flexibility index (Phi) is 15.6. The lowest BCUT2D eigenvalue weighted by atomic mass is 9.92. The van der Waals surface area contributed by atoms with Crippen LogP contribution in [0.4, 0.5) is 0 Å². The Balaban J connectivity index is 1.70. The van der Waals surface area contributed by atoms with Crippen molar-refractivity contribution in [1.29, 1.82) is 0 Å². The van der Waals surface area contributed by atoms with E-state index in [1.165, 1.54) is 92.2 Å². The van der Waals surface area contributed by atoms with E-state index in [0.29, 0.717) is 0 Å². The van der Waals surface area contributed by atoms with Crippen molar-refractivity contribution in [3.05, 3.63) is 70.3 Å². The lowest BCUT2D eigenvalue weighted by Crippen LogP contribution is -1.99. The molecule has 0 spiro atoms. The third-order valence-electron chi connectivity index (χ3n) is 7.16. The molecule has 0 aliphatic carbocycles. The molecule has 0 atom stereocenters. The summed E-state index contributed by atoms with van der Waals surface area (Å²) in [6, 6.07) is 12.6. The fourth-order valence-electron chi connectivity index (χ4n) is 4.95. The molecular formula is C34H50OS. The number of aryl methyl sites for hydroxylation is 2. The molecule has 0 unspecified atom stereocenters. The zero-order valence-corrected chi connectivity index (χ0v) is 24.4. The first-order valence-corrected chi connectivity index (χ1v) is 15.7. The van der Waals surface area contributed by atoms with Gasteiger partial charge in [-0.1, -0.05) is 110 Å². The molecule has 0 N–H and O–H groups in total. The fraction of sp³-hybridized carbons (Fsp3) is 0.559. The van der Waals surface area contributed by atoms with Crippen LogP contribution < -0.4 is 0 Å². The van der Waals surface area contributed by atoms with Crippen LogP contribution in [0.15, 0.2) is 47.4 Å². The molecule has 0 aromatic heterocycles. The van der Waals surface area contributed by atoms with E-state index >= 15 is 0 Å². The summed E-state index contributed by atoms with van der Waals surface area (Å²) in [6.07, 6.45) is 22.1. The Morgan fingerprint density at radius 3 is 1.72 bits per heavy atom. The van der Waals surface area contributed by atoms with Gasteiger partial charge in [0.15, 0.2) is 5.78 Å². The fourth-order valence-corrected chi connectivity index (χ4v) is 5.86. The Labute approximate surface area is 226 Å². The van der Waals surface area contributed by atoms with Crippen molar-refractivity contribution in [2.75, 3.05) is 5.75 Å². The molecule has 0 radical (unpaired) electrons. The summed E-state index contributed by atoms with van der Waals surface area (Å²) < 4.78 is 0. The molecule has 0 saturated heterocycles. The number of allylic oxidation sites excluding steroid dienone is 1. The molecule has 0 fully saturated rings. The second kappa shape index (κ2) is 18.4. The number of benzene rings is 2. The third-order valence-corrected chi connectivity index (χ3v) is 8.25. The van der Waals surface area contributed by atoms with E-state index in [1.807, 2.05) is 30.0 Å². The monoisotopic (exact) mass is 506 g/mol. The van der Waals surface area contributed by atoms with Gasteiger partial charge in [-0.3, -0.25) is 4.79 Å². The average molecular weight is 507 g/mol. The molecule has 0 bridgehead atoms. The number of carbonyl (C=O) groups is 1. The molecular weight excluding hydrogens is 456 g/mol. The summed E-state index contributed by atoms with van der Waals surface area (Å²) in [7, 11) is 0. The standard InChI is InChI=1S/C34H50OS/c1-5-9-10-11-12-13-14-15-16-17-18-25-36-32-22-20-31(21-23-32)34(35)24-19-28-26-29(6-2)33(8-4)30(7-3)27-28/h19-24,26-27H,5-18,25H2,1-4H3. The van der Waals surface area contributed by atoms with Crippen molar-refractivity contribution < 1.29 is 4.79 Å². The summed E-state index contributed by atoms with van der Waals surface area (Å²) in [5.74, 6) is 1.24. The SMILES string of the molecule is CCCCCCCCCCCCCSc1ccc(C(=O)C=Cc2cc(CC)c(CC)c(CC)c2)cc1. The highest BCUT2D eigenvalue weighted by Crippen LogP contribution is 2.23. The summed E-state index contributed by atoms with van der Waals surface area (Å²) >= 11 is 1.91. The highest BCUT2D eigenvalue weighted by Gasteiger charge is 2.07. The van der Waals surface area contributed by atoms with Gasteiger partial charge in [-0.2, -0.15) is 0 Å². The summed E-state index contributed by atoms with van der Waals surface area (Å²) in [6.45, 7) is 8.93. The predicted octanol–water partition coefficient (Wildman–Crippen LogP) is 10.7. The van der Waals surface area contributed by atoms with E-state index in [1.54, 1.807) is 6.08 Å². The highest BCUT2D eigenvalue weighted by atomic mass is 32.2. The number of unbranched alkanes of at least 4 members (excludes halogenated alkanes) is 10. The number of carbonyl (C=O) groups excluding carboxylic acids is 1. The van der Waals surface area contributed by atoms with E-state index in [9.17, 15) is 4.79 Å². The minimum absolute atomic E-state index is 0.0765. The van der Waals surface area contributed by atoms with Crippen molar-refractivity contribution in [3.8, 4) is 0 Å². The zero-order valence-electron chi connectivity index (χ0n) is 23.5. The first-order chi connectivity index (χ1) is 17.6. The molecule has 2 aromatic carbocycles. The first-order valence-electron chi connectivity index (χ1n) is 14.7. The lowest BCUT2D eigenvalue weighted by Gasteiger charge is -2.13. The van der Waals surface area contributed by atoms with Gasteiger partial charge in [-0.25, -0.2) is 0 Å². The minimum atomic E-state index is 0.0765. The van der Waals surface area contributed by atoms with E-state index in [4.69, 9.17) is 0 Å². The molecule has 2 aromatic rings. The zero-order chi connectivity index (χ0) is 26.0. The van der Waals surface area contributed by atoms with Crippen molar-refractivity contribution >= 4 is 23.6 Å². The molecule has 0 aliphatic rings. The molecule has 1 nitrogen and oxygen atoms in total. The Morgan fingerprint density at radius 1 is 0.694 bits per heavy atom. The first kappa shape index (κ1) is 30.4. The summed E-state index contributed by atoms with van der Waals surface area (Å²) in [5.41, 5.74) is 6.19. The van der Waals surface area contributed by atoms with Gasteiger partial charge < -0.3 is 0 Å². The van der Waals surface area contributed by atoms with Crippen molar-refractivity contribution in [3.63, 3.8) is 0 Å². The molecule has 0 aliphatic heterocycles. The van der Waals surface area contributed by atoms with Gasteiger partial charge >= 0.3 is 0 Å². The average Bonchev–Trinajstić information content (AvgIpc) is 2.91. The third kappa shape index (κ3) is 11.1. The van der Waals surface area contributed by atoms with E-state index in [0.717, 1.165) is 36.1 Å². The van der Waals surface area contributed by atoms with Crippen LogP contribution in [0.5, 0.6) is 0 Å². The smallest absolute Gasteiger partial charge is 0.185 e. The summed E-state index contributed by atoms with van der Waals surface area (Å²) in [4.78, 5) is 14.0. The number of ketones is 1. The Hall–Kier alpha value is -1.80. The van der Waals surface area contributed by atoms with Crippen LogP contribution in [0.3, 0.4) is 0 Å². The van der Waals surface area contributed by atoms with Crippen molar-refractivity contribution in [2.24, 2.45) is 0 Å². The van der Waals surface area contributed by atoms with Crippen LogP contribution in [-0.4, -0.2) is 11.5 Å². The van der Waals surface area contributed by atoms with Gasteiger partial charge in [-0.15, -0.1) is 11.8 Å². The quantitative estimate of drug-likeness (QED) is 0.0815. The highest BCUT2D eigenvalue weighted by molar-refractivity contribution is 7.99. The van der Waals surface area contributed by atoms with E-state index in [2.05, 4.69) is 52.0 Å². The summed E-state index contributed by atoms with van der Waals surface area (Å²) in [5, 5.41) is 0. The number of hydrogen-bond acceptors (Lipinski definition) is 2. The largest absolute Gasteiger partial charge is 0.289 e. The van der Waals surface area contributed by atoms with Crippen LogP contribution in [0.1, 0.15) is 131 Å². The van der Waals surface area contributed by atoms with E-state index < -0.39 is 0 Å². The van der Waals surface area contributed by atoms with Gasteiger partial charge in [0, 0.05) is 10.5 Å². The molecule has 0 saturated carbocycles. The molecule has 36 heavy (non-hydrogen) atoms. The van der Waals surface area contributed by atoms with Crippen LogP contribution in [-0.2, 0) is 19.3 Å². The van der Waals surface area contributed by atoms with Crippen LogP contribution in [0.2, 0.25) is 0 Å². The van der Waals surface area contributed by atoms with Gasteiger partial charge in [0.05, 0.1) is 0 Å². The topological polar surface area (TPSA) is 17.1 Å². The maximum Gasteiger partial charge on any atom is 0.185 e.